The molecule has 0 unspecified atom stereocenters. The lowest BCUT2D eigenvalue weighted by atomic mass is 10.1. The number of hydrogen-bond donors (Lipinski definition) is 2. The van der Waals surface area contributed by atoms with E-state index in [2.05, 4.69) is 15.3 Å². The van der Waals surface area contributed by atoms with Crippen LogP contribution in [0.1, 0.15) is 26.3 Å². The number of aliphatic imine (C=N–C) groups is 1. The summed E-state index contributed by atoms with van der Waals surface area (Å²) in [5.74, 6) is 0.973. The molecule has 0 aliphatic heterocycles. The summed E-state index contributed by atoms with van der Waals surface area (Å²) in [6, 6.07) is 3.77. The Morgan fingerprint density at radius 2 is 2.10 bits per heavy atom. The molecule has 1 heterocycles. The fourth-order valence-electron chi connectivity index (χ4n) is 1.49. The average molecular weight is 408 g/mol. The van der Waals surface area contributed by atoms with Crippen LogP contribution in [0.4, 0.5) is 0 Å². The van der Waals surface area contributed by atoms with Crippen molar-refractivity contribution in [1.82, 2.24) is 10.3 Å². The van der Waals surface area contributed by atoms with Crippen LogP contribution in [0, 0.1) is 0 Å². The van der Waals surface area contributed by atoms with E-state index in [1.54, 1.807) is 13.3 Å². The monoisotopic (exact) mass is 408 g/mol. The summed E-state index contributed by atoms with van der Waals surface area (Å²) in [5.41, 5.74) is 6.62. The molecule has 0 atom stereocenters. The van der Waals surface area contributed by atoms with Gasteiger partial charge in [0.1, 0.15) is 6.61 Å². The number of guanidine groups is 1. The number of pyridine rings is 1. The highest BCUT2D eigenvalue weighted by Crippen LogP contribution is 2.15. The number of nitrogens with zero attached hydrogens (tertiary/aromatic N) is 2. The molecule has 1 aromatic heterocycles. The third-order valence-electron chi connectivity index (χ3n) is 2.30. The molecule has 3 N–H and O–H groups in total. The summed E-state index contributed by atoms with van der Waals surface area (Å²) in [5, 5.41) is 3.11. The van der Waals surface area contributed by atoms with Gasteiger partial charge in [0.15, 0.2) is 5.96 Å². The van der Waals surface area contributed by atoms with E-state index in [1.165, 1.54) is 0 Å². The van der Waals surface area contributed by atoms with E-state index in [-0.39, 0.29) is 29.5 Å². The van der Waals surface area contributed by atoms with Crippen molar-refractivity contribution in [3.8, 4) is 5.88 Å². The predicted octanol–water partition coefficient (Wildman–Crippen LogP) is 1.93. The van der Waals surface area contributed by atoms with Gasteiger partial charge in [0, 0.05) is 24.4 Å². The zero-order chi connectivity index (χ0) is 15.0. The number of hydrogen-bond acceptors (Lipinski definition) is 4. The van der Waals surface area contributed by atoms with Crippen molar-refractivity contribution in [2.75, 3.05) is 20.3 Å². The Bertz CT molecular complexity index is 447. The topological polar surface area (TPSA) is 81.8 Å². The molecule has 0 aromatic carbocycles. The van der Waals surface area contributed by atoms with Gasteiger partial charge in [-0.1, -0.05) is 6.07 Å². The second-order valence-electron chi connectivity index (χ2n) is 5.39. The first-order chi connectivity index (χ1) is 9.42. The van der Waals surface area contributed by atoms with Crippen LogP contribution in [0.2, 0.25) is 0 Å². The Balaban J connectivity index is 0.00000400. The number of halogens is 1. The number of nitrogens with one attached hydrogen (secondary N) is 1. The van der Waals surface area contributed by atoms with Gasteiger partial charge in [0.25, 0.3) is 0 Å². The third-order valence-corrected chi connectivity index (χ3v) is 2.30. The van der Waals surface area contributed by atoms with Gasteiger partial charge in [-0.3, -0.25) is 0 Å². The molecule has 0 spiro atoms. The highest BCUT2D eigenvalue weighted by Gasteiger charge is 2.10. The van der Waals surface area contributed by atoms with E-state index in [0.717, 1.165) is 5.56 Å². The summed E-state index contributed by atoms with van der Waals surface area (Å²) in [4.78, 5) is 8.50. The molecule has 0 bridgehead atoms. The molecule has 0 radical (unpaired) electrons. The Morgan fingerprint density at radius 3 is 2.71 bits per heavy atom. The second-order valence-corrected chi connectivity index (χ2v) is 5.39. The molecule has 0 saturated heterocycles. The minimum absolute atomic E-state index is 0. The second kappa shape index (κ2) is 9.78. The Labute approximate surface area is 143 Å². The minimum atomic E-state index is -0.111. The molecular weight excluding hydrogens is 383 g/mol. The van der Waals surface area contributed by atoms with Crippen LogP contribution in [0.15, 0.2) is 23.3 Å². The standard InChI is InChI=1S/C14H24N4O2.HI/c1-14(2,3)18-13(15)17-10-11-6-5-7-16-12(11)20-9-8-19-4;/h5-7H,8-10H2,1-4H3,(H3,15,17,18);1H. The normalized spacial score (nSPS) is 11.7. The van der Waals surface area contributed by atoms with Crippen molar-refractivity contribution in [2.45, 2.75) is 32.9 Å². The van der Waals surface area contributed by atoms with Gasteiger partial charge in [-0.05, 0) is 26.8 Å². The van der Waals surface area contributed by atoms with Crippen LogP contribution < -0.4 is 15.8 Å². The number of methoxy groups -OCH3 is 1. The lowest BCUT2D eigenvalue weighted by molar-refractivity contribution is 0.143. The van der Waals surface area contributed by atoms with Crippen LogP contribution in [-0.4, -0.2) is 36.8 Å². The predicted molar refractivity (Wildman–Crippen MR) is 95.2 cm³/mol. The summed E-state index contributed by atoms with van der Waals surface area (Å²) < 4.78 is 10.5. The average Bonchev–Trinajstić information content (AvgIpc) is 2.36. The Morgan fingerprint density at radius 1 is 1.38 bits per heavy atom. The van der Waals surface area contributed by atoms with Crippen molar-refractivity contribution in [1.29, 1.82) is 0 Å². The molecule has 0 aliphatic carbocycles. The summed E-state index contributed by atoms with van der Waals surface area (Å²) >= 11 is 0. The third kappa shape index (κ3) is 8.71. The van der Waals surface area contributed by atoms with Crippen LogP contribution >= 0.6 is 24.0 Å². The van der Waals surface area contributed by atoms with E-state index in [4.69, 9.17) is 15.2 Å². The molecule has 0 aliphatic rings. The maximum Gasteiger partial charge on any atom is 0.218 e. The zero-order valence-electron chi connectivity index (χ0n) is 13.0. The molecule has 1 rings (SSSR count). The summed E-state index contributed by atoms with van der Waals surface area (Å²) in [6.45, 7) is 7.48. The van der Waals surface area contributed by atoms with Crippen molar-refractivity contribution in [3.05, 3.63) is 23.9 Å². The Kier molecular flexibility index (Phi) is 9.27. The van der Waals surface area contributed by atoms with Crippen LogP contribution in [0.3, 0.4) is 0 Å². The van der Waals surface area contributed by atoms with Crippen molar-refractivity contribution < 1.29 is 9.47 Å². The number of ether oxygens (including phenoxy) is 2. The molecule has 7 heteroatoms. The molecule has 1 aromatic rings. The van der Waals surface area contributed by atoms with Crippen LogP contribution in [0.5, 0.6) is 5.88 Å². The molecule has 0 amide bonds. The molecular formula is C14H25IN4O2. The lowest BCUT2D eigenvalue weighted by Crippen LogP contribution is -2.44. The number of aromatic nitrogens is 1. The van der Waals surface area contributed by atoms with E-state index >= 15 is 0 Å². The first-order valence-electron chi connectivity index (χ1n) is 6.56. The first-order valence-corrected chi connectivity index (χ1v) is 6.56. The highest BCUT2D eigenvalue weighted by atomic mass is 127. The summed E-state index contributed by atoms with van der Waals surface area (Å²) in [7, 11) is 1.63. The summed E-state index contributed by atoms with van der Waals surface area (Å²) in [6.07, 6.45) is 1.69. The van der Waals surface area contributed by atoms with Gasteiger partial charge in [0.05, 0.1) is 13.2 Å². The van der Waals surface area contributed by atoms with Gasteiger partial charge in [-0.2, -0.15) is 0 Å². The van der Waals surface area contributed by atoms with E-state index in [0.29, 0.717) is 31.6 Å². The highest BCUT2D eigenvalue weighted by molar-refractivity contribution is 14.0. The van der Waals surface area contributed by atoms with Crippen LogP contribution in [0.25, 0.3) is 0 Å². The van der Waals surface area contributed by atoms with E-state index in [1.807, 2.05) is 32.9 Å². The lowest BCUT2D eigenvalue weighted by Gasteiger charge is -2.21. The SMILES string of the molecule is COCCOc1ncccc1CN=C(N)NC(C)(C)C.I. The van der Waals surface area contributed by atoms with Crippen molar-refractivity contribution in [3.63, 3.8) is 0 Å². The van der Waals surface area contributed by atoms with E-state index < -0.39 is 0 Å². The molecule has 21 heavy (non-hydrogen) atoms. The van der Waals surface area contributed by atoms with E-state index in [9.17, 15) is 0 Å². The maximum atomic E-state index is 5.84. The first kappa shape index (κ1) is 19.9. The number of nitrogens with two attached hydrogens (primary N) is 1. The fraction of sp³-hybridized carbons (Fsp3) is 0.571. The van der Waals surface area contributed by atoms with Gasteiger partial charge in [-0.25, -0.2) is 9.98 Å². The Hall–Kier alpha value is -1.09. The maximum absolute atomic E-state index is 5.84. The van der Waals surface area contributed by atoms with Gasteiger partial charge in [-0.15, -0.1) is 24.0 Å². The van der Waals surface area contributed by atoms with Crippen molar-refractivity contribution >= 4 is 29.9 Å². The van der Waals surface area contributed by atoms with Crippen LogP contribution in [-0.2, 0) is 11.3 Å². The minimum Gasteiger partial charge on any atom is -0.475 e. The number of rotatable bonds is 6. The molecule has 0 fully saturated rings. The largest absolute Gasteiger partial charge is 0.475 e. The van der Waals surface area contributed by atoms with Gasteiger partial charge >= 0.3 is 0 Å². The van der Waals surface area contributed by atoms with Gasteiger partial charge < -0.3 is 20.5 Å². The molecule has 120 valence electrons. The fourth-order valence-corrected chi connectivity index (χ4v) is 1.49. The van der Waals surface area contributed by atoms with Gasteiger partial charge in [0.2, 0.25) is 5.88 Å². The smallest absolute Gasteiger partial charge is 0.218 e. The zero-order valence-corrected chi connectivity index (χ0v) is 15.4. The molecule has 0 saturated carbocycles. The molecule has 6 nitrogen and oxygen atoms in total. The quantitative estimate of drug-likeness (QED) is 0.325. The van der Waals surface area contributed by atoms with Crippen molar-refractivity contribution in [2.24, 2.45) is 10.7 Å².